The van der Waals surface area contributed by atoms with Crippen molar-refractivity contribution in [2.45, 2.75) is 0 Å². The predicted octanol–water partition coefficient (Wildman–Crippen LogP) is 2.95. The van der Waals surface area contributed by atoms with Gasteiger partial charge in [0.15, 0.2) is 11.6 Å². The monoisotopic (exact) mass is 300 g/mol. The van der Waals surface area contributed by atoms with E-state index in [-0.39, 0.29) is 5.75 Å². The van der Waals surface area contributed by atoms with Crippen LogP contribution in [0.4, 0.5) is 10.2 Å². The average Bonchev–Trinajstić information content (AvgIpc) is 2.55. The molecule has 0 aliphatic carbocycles. The molecular formula is C17H17FN2O2. The third-order valence-electron chi connectivity index (χ3n) is 3.05. The summed E-state index contributed by atoms with van der Waals surface area (Å²) in [6.07, 6.45) is 5.22. The molecule has 0 N–H and O–H groups in total. The van der Waals surface area contributed by atoms with Gasteiger partial charge in [0.2, 0.25) is 0 Å². The highest BCUT2D eigenvalue weighted by atomic mass is 19.1. The van der Waals surface area contributed by atoms with Crippen molar-refractivity contribution in [2.75, 3.05) is 25.1 Å². The third kappa shape index (κ3) is 4.41. The van der Waals surface area contributed by atoms with Crippen LogP contribution in [0.5, 0.6) is 5.75 Å². The minimum atomic E-state index is -0.450. The fourth-order valence-electron chi connectivity index (χ4n) is 1.87. The SMILES string of the molecule is CN(CCOc1ccc(C=CC=O)cc1F)c1ccccn1. The summed E-state index contributed by atoms with van der Waals surface area (Å²) in [5.41, 5.74) is 0.613. The van der Waals surface area contributed by atoms with E-state index < -0.39 is 5.82 Å². The Morgan fingerprint density at radius 1 is 1.32 bits per heavy atom. The summed E-state index contributed by atoms with van der Waals surface area (Å²) in [5.74, 6) is 0.576. The maximum atomic E-state index is 13.9. The molecule has 0 spiro atoms. The summed E-state index contributed by atoms with van der Waals surface area (Å²) < 4.78 is 19.3. The number of likely N-dealkylation sites (N-methyl/N-ethyl adjacent to an activating group) is 1. The largest absolute Gasteiger partial charge is 0.489 e. The number of aromatic nitrogens is 1. The van der Waals surface area contributed by atoms with E-state index in [1.54, 1.807) is 18.3 Å². The van der Waals surface area contributed by atoms with Crippen LogP contribution in [0.25, 0.3) is 6.08 Å². The standard InChI is InChI=1S/C17H17FN2O2/c1-20(17-6-2-3-9-19-17)10-12-22-16-8-7-14(5-4-11-21)13-15(16)18/h2-9,11,13H,10,12H2,1H3. The molecule has 114 valence electrons. The van der Waals surface area contributed by atoms with E-state index >= 15 is 0 Å². The molecule has 0 aliphatic heterocycles. The van der Waals surface area contributed by atoms with Crippen LogP contribution in [0, 0.1) is 5.82 Å². The summed E-state index contributed by atoms with van der Waals surface area (Å²) in [4.78, 5) is 16.4. The van der Waals surface area contributed by atoms with Gasteiger partial charge in [-0.05, 0) is 35.9 Å². The van der Waals surface area contributed by atoms with E-state index in [0.717, 1.165) is 5.82 Å². The van der Waals surface area contributed by atoms with Crippen molar-refractivity contribution in [3.63, 3.8) is 0 Å². The van der Waals surface area contributed by atoms with Gasteiger partial charge >= 0.3 is 0 Å². The molecule has 0 aliphatic rings. The molecule has 5 heteroatoms. The molecule has 0 bridgehead atoms. The molecule has 4 nitrogen and oxygen atoms in total. The number of ether oxygens (including phenoxy) is 1. The molecule has 22 heavy (non-hydrogen) atoms. The average molecular weight is 300 g/mol. The quantitative estimate of drug-likeness (QED) is 0.582. The molecule has 0 unspecified atom stereocenters. The minimum Gasteiger partial charge on any atom is -0.489 e. The molecule has 0 atom stereocenters. The smallest absolute Gasteiger partial charge is 0.165 e. The summed E-state index contributed by atoms with van der Waals surface area (Å²) in [6, 6.07) is 10.2. The number of aldehydes is 1. The third-order valence-corrected chi connectivity index (χ3v) is 3.05. The second-order valence-corrected chi connectivity index (χ2v) is 4.64. The number of hydrogen-bond acceptors (Lipinski definition) is 4. The van der Waals surface area contributed by atoms with Crippen molar-refractivity contribution in [1.29, 1.82) is 0 Å². The van der Waals surface area contributed by atoms with E-state index in [1.165, 1.54) is 18.2 Å². The van der Waals surface area contributed by atoms with Gasteiger partial charge in [0.05, 0.1) is 6.54 Å². The lowest BCUT2D eigenvalue weighted by molar-refractivity contribution is -0.104. The molecule has 1 heterocycles. The second-order valence-electron chi connectivity index (χ2n) is 4.64. The second kappa shape index (κ2) is 7.93. The van der Waals surface area contributed by atoms with Crippen molar-refractivity contribution in [2.24, 2.45) is 0 Å². The van der Waals surface area contributed by atoms with Crippen molar-refractivity contribution in [3.05, 3.63) is 60.1 Å². The highest BCUT2D eigenvalue weighted by molar-refractivity contribution is 5.73. The van der Waals surface area contributed by atoms with Crippen LogP contribution < -0.4 is 9.64 Å². The Balaban J connectivity index is 1.89. The topological polar surface area (TPSA) is 42.4 Å². The first-order chi connectivity index (χ1) is 10.7. The van der Waals surface area contributed by atoms with Gasteiger partial charge in [-0.1, -0.05) is 18.2 Å². The fourth-order valence-corrected chi connectivity index (χ4v) is 1.87. The van der Waals surface area contributed by atoms with E-state index in [1.807, 2.05) is 30.1 Å². The van der Waals surface area contributed by atoms with Gasteiger partial charge in [-0.25, -0.2) is 9.37 Å². The number of hydrogen-bond donors (Lipinski definition) is 0. The first kappa shape index (κ1) is 15.7. The maximum Gasteiger partial charge on any atom is 0.165 e. The number of pyridine rings is 1. The van der Waals surface area contributed by atoms with Crippen LogP contribution in [0.15, 0.2) is 48.7 Å². The molecule has 0 saturated heterocycles. The summed E-state index contributed by atoms with van der Waals surface area (Å²) in [7, 11) is 1.90. The van der Waals surface area contributed by atoms with Gasteiger partial charge in [0.25, 0.3) is 0 Å². The van der Waals surface area contributed by atoms with E-state index in [4.69, 9.17) is 4.74 Å². The fraction of sp³-hybridized carbons (Fsp3) is 0.176. The summed E-state index contributed by atoms with van der Waals surface area (Å²) in [6.45, 7) is 0.927. The highest BCUT2D eigenvalue weighted by Crippen LogP contribution is 2.19. The maximum absolute atomic E-state index is 13.9. The molecule has 1 aromatic carbocycles. The lowest BCUT2D eigenvalue weighted by atomic mass is 10.2. The highest BCUT2D eigenvalue weighted by Gasteiger charge is 2.05. The number of benzene rings is 1. The van der Waals surface area contributed by atoms with Crippen LogP contribution in [0.3, 0.4) is 0 Å². The molecule has 2 rings (SSSR count). The molecule has 2 aromatic rings. The Hall–Kier alpha value is -2.69. The van der Waals surface area contributed by atoms with Gasteiger partial charge in [-0.15, -0.1) is 0 Å². The number of anilines is 1. The molecule has 0 amide bonds. The van der Waals surface area contributed by atoms with Crippen molar-refractivity contribution >= 4 is 18.2 Å². The van der Waals surface area contributed by atoms with Crippen LogP contribution in [0.1, 0.15) is 5.56 Å². The number of carbonyl (C=O) groups is 1. The zero-order valence-electron chi connectivity index (χ0n) is 12.3. The van der Waals surface area contributed by atoms with Crippen molar-refractivity contribution in [3.8, 4) is 5.75 Å². The summed E-state index contributed by atoms with van der Waals surface area (Å²) >= 11 is 0. The van der Waals surface area contributed by atoms with E-state index in [2.05, 4.69) is 4.98 Å². The predicted molar refractivity (Wildman–Crippen MR) is 84.5 cm³/mol. The molecular weight excluding hydrogens is 283 g/mol. The lowest BCUT2D eigenvalue weighted by Crippen LogP contribution is -2.24. The van der Waals surface area contributed by atoms with Crippen LogP contribution in [-0.2, 0) is 4.79 Å². The Morgan fingerprint density at radius 2 is 2.18 bits per heavy atom. The number of rotatable bonds is 7. The Labute approximate surface area is 128 Å². The summed E-state index contributed by atoms with van der Waals surface area (Å²) in [5, 5.41) is 0. The lowest BCUT2D eigenvalue weighted by Gasteiger charge is -2.18. The molecule has 0 radical (unpaired) electrons. The number of halogens is 1. The number of nitrogens with zero attached hydrogens (tertiary/aromatic N) is 2. The molecule has 0 saturated carbocycles. The zero-order valence-corrected chi connectivity index (χ0v) is 12.3. The Morgan fingerprint density at radius 3 is 2.86 bits per heavy atom. The van der Waals surface area contributed by atoms with E-state index in [0.29, 0.717) is 25.0 Å². The van der Waals surface area contributed by atoms with Crippen LogP contribution in [0.2, 0.25) is 0 Å². The van der Waals surface area contributed by atoms with Crippen LogP contribution >= 0.6 is 0 Å². The minimum absolute atomic E-state index is 0.192. The van der Waals surface area contributed by atoms with Crippen molar-refractivity contribution in [1.82, 2.24) is 4.98 Å². The normalized spacial score (nSPS) is 10.6. The van der Waals surface area contributed by atoms with Gasteiger partial charge < -0.3 is 9.64 Å². The number of allylic oxidation sites excluding steroid dienone is 1. The van der Waals surface area contributed by atoms with E-state index in [9.17, 15) is 9.18 Å². The first-order valence-electron chi connectivity index (χ1n) is 6.87. The van der Waals surface area contributed by atoms with Gasteiger partial charge in [0, 0.05) is 13.2 Å². The zero-order chi connectivity index (χ0) is 15.8. The van der Waals surface area contributed by atoms with Crippen molar-refractivity contribution < 1.29 is 13.9 Å². The number of carbonyl (C=O) groups excluding carboxylic acids is 1. The Kier molecular flexibility index (Phi) is 5.65. The Bertz CT molecular complexity index is 644. The van der Waals surface area contributed by atoms with Gasteiger partial charge in [0.1, 0.15) is 18.7 Å². The molecule has 1 aromatic heterocycles. The van der Waals surface area contributed by atoms with Crippen LogP contribution in [-0.4, -0.2) is 31.5 Å². The molecule has 0 fully saturated rings. The first-order valence-corrected chi connectivity index (χ1v) is 6.87. The van der Waals surface area contributed by atoms with Gasteiger partial charge in [-0.3, -0.25) is 4.79 Å². The van der Waals surface area contributed by atoms with Gasteiger partial charge in [-0.2, -0.15) is 0 Å².